The van der Waals surface area contributed by atoms with E-state index >= 15 is 0 Å². The van der Waals surface area contributed by atoms with Crippen LogP contribution in [0.1, 0.15) is 1.43 Å². The predicted octanol–water partition coefficient (Wildman–Crippen LogP) is -1.31. The quantitative estimate of drug-likeness (QED) is 0.517. The van der Waals surface area contributed by atoms with Crippen molar-refractivity contribution >= 4 is 46.4 Å². The van der Waals surface area contributed by atoms with Crippen molar-refractivity contribution in [3.63, 3.8) is 0 Å². The summed E-state index contributed by atoms with van der Waals surface area (Å²) in [6.45, 7) is 0. The normalized spacial score (nSPS) is 0. The molecule has 0 aromatic carbocycles. The molecule has 0 heterocycles. The number of rotatable bonds is 0. The first-order chi connectivity index (χ1) is 0. The summed E-state index contributed by atoms with van der Waals surface area (Å²) in [5, 5.41) is 0. The molecular weight excluding hydrogens is 328 g/mol. The van der Waals surface area contributed by atoms with Crippen LogP contribution in [0.4, 0.5) is 0 Å². The molecule has 0 aliphatic heterocycles. The number of halogens is 3. The minimum atomic E-state index is 0. The second-order valence-corrected chi connectivity index (χ2v) is 0. The van der Waals surface area contributed by atoms with Crippen molar-refractivity contribution in [1.82, 2.24) is 0 Å². The molecule has 0 aliphatic rings. The molecule has 0 saturated carbocycles. The molecule has 0 fully saturated rings. The Kier molecular flexibility index (Phi) is 108. The van der Waals surface area contributed by atoms with Gasteiger partial charge in [-0.15, -0.1) is 46.4 Å². The summed E-state index contributed by atoms with van der Waals surface area (Å²) in [5.41, 5.74) is 0. The van der Waals surface area contributed by atoms with E-state index in [4.69, 9.17) is 0 Å². The summed E-state index contributed by atoms with van der Waals surface area (Å²) in [5.74, 6) is 0. The summed E-state index contributed by atoms with van der Waals surface area (Å²) >= 11 is 0. The SMILES string of the molecule is Br.Br.Cl.[Cs+].[H-]. The molecule has 0 spiro atoms. The van der Waals surface area contributed by atoms with Gasteiger partial charge in [-0.3, -0.25) is 0 Å². The van der Waals surface area contributed by atoms with Gasteiger partial charge in [0.15, 0.2) is 0 Å². The van der Waals surface area contributed by atoms with Gasteiger partial charge in [-0.2, -0.15) is 0 Å². The Bertz CT molecular complexity index is 9.61. The Morgan fingerprint density at radius 2 is 1.00 bits per heavy atom. The standard InChI is InChI=1S/2BrH.ClH.Cs.H/h3*1H;;/q;;;+1;-1. The van der Waals surface area contributed by atoms with E-state index in [2.05, 4.69) is 0 Å². The van der Waals surface area contributed by atoms with Crippen LogP contribution in [0, 0.1) is 0 Å². The zero-order valence-electron chi connectivity index (χ0n) is 3.22. The van der Waals surface area contributed by atoms with E-state index in [0.29, 0.717) is 0 Å². The van der Waals surface area contributed by atoms with E-state index in [1.165, 1.54) is 0 Å². The molecule has 0 aromatic heterocycles. The molecule has 4 heavy (non-hydrogen) atoms. The van der Waals surface area contributed by atoms with Gasteiger partial charge in [0, 0.05) is 0 Å². The van der Waals surface area contributed by atoms with Gasteiger partial charge >= 0.3 is 68.9 Å². The largest absolute Gasteiger partial charge is 1.00 e. The topological polar surface area (TPSA) is 0 Å². The van der Waals surface area contributed by atoms with Crippen LogP contribution >= 0.6 is 46.4 Å². The summed E-state index contributed by atoms with van der Waals surface area (Å²) in [6, 6.07) is 0. The van der Waals surface area contributed by atoms with Crippen molar-refractivity contribution in [2.45, 2.75) is 0 Å². The fourth-order valence-corrected chi connectivity index (χ4v) is 0. The van der Waals surface area contributed by atoms with Crippen molar-refractivity contribution in [2.75, 3.05) is 0 Å². The monoisotopic (exact) mass is 330 g/mol. The molecule has 0 radical (unpaired) electrons. The Hall–Kier alpha value is 3.30. The first kappa shape index (κ1) is 26.6. The third-order valence-corrected chi connectivity index (χ3v) is 0. The third kappa shape index (κ3) is 9.00. The van der Waals surface area contributed by atoms with Crippen LogP contribution in [0.15, 0.2) is 0 Å². The maximum Gasteiger partial charge on any atom is 1.00 e. The van der Waals surface area contributed by atoms with Crippen LogP contribution in [0.2, 0.25) is 0 Å². The second-order valence-electron chi connectivity index (χ2n) is 0. The molecule has 0 aliphatic carbocycles. The van der Waals surface area contributed by atoms with Crippen molar-refractivity contribution in [2.24, 2.45) is 0 Å². The molecule has 0 atom stereocenters. The summed E-state index contributed by atoms with van der Waals surface area (Å²) < 4.78 is 0. The predicted molar refractivity (Wildman–Crippen MR) is 29.0 cm³/mol. The van der Waals surface area contributed by atoms with Crippen LogP contribution < -0.4 is 68.9 Å². The summed E-state index contributed by atoms with van der Waals surface area (Å²) in [6.07, 6.45) is 0. The Balaban J connectivity index is 0. The molecule has 0 bridgehead atoms. The molecular formula is H4Br2ClCs. The maximum absolute atomic E-state index is 0. The van der Waals surface area contributed by atoms with Crippen molar-refractivity contribution in [3.8, 4) is 0 Å². The molecule has 4 heteroatoms. The van der Waals surface area contributed by atoms with Crippen LogP contribution in [0.5, 0.6) is 0 Å². The van der Waals surface area contributed by atoms with Gasteiger partial charge in [-0.05, 0) is 0 Å². The van der Waals surface area contributed by atoms with E-state index in [1.54, 1.807) is 0 Å². The minimum absolute atomic E-state index is 0. The smallest absolute Gasteiger partial charge is 1.00 e. The average Bonchev–Trinajstić information content (AvgIpc) is 0. The van der Waals surface area contributed by atoms with Crippen LogP contribution in [-0.4, -0.2) is 0 Å². The van der Waals surface area contributed by atoms with Gasteiger partial charge in [0.2, 0.25) is 0 Å². The Morgan fingerprint density at radius 3 is 1.00 bits per heavy atom. The first-order valence-electron chi connectivity index (χ1n) is 0. The van der Waals surface area contributed by atoms with Crippen LogP contribution in [0.25, 0.3) is 0 Å². The maximum atomic E-state index is 0. The first-order valence-corrected chi connectivity index (χ1v) is 0. The van der Waals surface area contributed by atoms with Gasteiger partial charge in [0.05, 0.1) is 0 Å². The van der Waals surface area contributed by atoms with Gasteiger partial charge in [0.1, 0.15) is 0 Å². The fraction of sp³-hybridized carbons (Fsp3) is 0. The fourth-order valence-electron chi connectivity index (χ4n) is 0. The molecule has 0 N–H and O–H groups in total. The van der Waals surface area contributed by atoms with E-state index in [9.17, 15) is 0 Å². The van der Waals surface area contributed by atoms with Crippen molar-refractivity contribution < 1.29 is 70.3 Å². The van der Waals surface area contributed by atoms with Gasteiger partial charge in [0.25, 0.3) is 0 Å². The molecule has 0 unspecified atom stereocenters. The molecule has 0 rings (SSSR count). The van der Waals surface area contributed by atoms with E-state index in [-0.39, 0.29) is 117 Å². The van der Waals surface area contributed by atoms with E-state index in [1.807, 2.05) is 0 Å². The Morgan fingerprint density at radius 1 is 1.00 bits per heavy atom. The van der Waals surface area contributed by atoms with E-state index in [0.717, 1.165) is 0 Å². The zero-order chi connectivity index (χ0) is 0. The number of hydrogen-bond acceptors (Lipinski definition) is 0. The minimum Gasteiger partial charge on any atom is -1.00 e. The molecule has 0 saturated heterocycles. The molecule has 0 nitrogen and oxygen atoms in total. The van der Waals surface area contributed by atoms with Gasteiger partial charge in [-0.25, -0.2) is 0 Å². The zero-order valence-corrected chi connectivity index (χ0v) is 12.7. The van der Waals surface area contributed by atoms with Crippen LogP contribution in [0.3, 0.4) is 0 Å². The number of hydrogen-bond donors (Lipinski definition) is 0. The molecule has 0 amide bonds. The third-order valence-electron chi connectivity index (χ3n) is 0. The van der Waals surface area contributed by atoms with Crippen LogP contribution in [-0.2, 0) is 0 Å². The van der Waals surface area contributed by atoms with E-state index < -0.39 is 0 Å². The van der Waals surface area contributed by atoms with Gasteiger partial charge in [-0.1, -0.05) is 0 Å². The summed E-state index contributed by atoms with van der Waals surface area (Å²) in [4.78, 5) is 0. The summed E-state index contributed by atoms with van der Waals surface area (Å²) in [7, 11) is 0. The Labute approximate surface area is 113 Å². The molecule has 0 aromatic rings. The van der Waals surface area contributed by atoms with Gasteiger partial charge < -0.3 is 1.43 Å². The molecule has 26 valence electrons. The van der Waals surface area contributed by atoms with Crippen molar-refractivity contribution in [1.29, 1.82) is 0 Å². The average molecular weight is 332 g/mol. The van der Waals surface area contributed by atoms with Crippen molar-refractivity contribution in [3.05, 3.63) is 0 Å². The second kappa shape index (κ2) is 16.2.